The van der Waals surface area contributed by atoms with E-state index in [1.807, 2.05) is 6.08 Å². The van der Waals surface area contributed by atoms with Gasteiger partial charge in [0.1, 0.15) is 0 Å². The van der Waals surface area contributed by atoms with Crippen molar-refractivity contribution in [1.29, 1.82) is 0 Å². The van der Waals surface area contributed by atoms with E-state index < -0.39 is 11.4 Å². The second-order valence-electron chi connectivity index (χ2n) is 12.9. The van der Waals surface area contributed by atoms with Crippen LogP contribution in [0.15, 0.2) is 23.8 Å². The van der Waals surface area contributed by atoms with Gasteiger partial charge in [-0.05, 0) is 97.4 Å². The molecule has 0 bridgehead atoms. The fourth-order valence-electron chi connectivity index (χ4n) is 8.06. The summed E-state index contributed by atoms with van der Waals surface area (Å²) >= 11 is 0. The second-order valence-corrected chi connectivity index (χ2v) is 12.9. The summed E-state index contributed by atoms with van der Waals surface area (Å²) in [5.74, 6) is 1.34. The summed E-state index contributed by atoms with van der Waals surface area (Å²) in [4.78, 5) is 25.1. The van der Waals surface area contributed by atoms with Crippen molar-refractivity contribution in [3.05, 3.63) is 23.8 Å². The Balaban J connectivity index is 1.81. The molecule has 0 amide bonds. The molecule has 4 aliphatic carbocycles. The van der Waals surface area contributed by atoms with E-state index in [1.54, 1.807) is 0 Å². The first-order valence-electron chi connectivity index (χ1n) is 13.0. The van der Waals surface area contributed by atoms with Crippen molar-refractivity contribution in [3.8, 4) is 0 Å². The number of carboxylic acids is 1. The molecule has 7 unspecified atom stereocenters. The quantitative estimate of drug-likeness (QED) is 0.438. The molecule has 0 saturated heterocycles. The molecule has 0 aromatic rings. The van der Waals surface area contributed by atoms with Crippen molar-refractivity contribution in [2.75, 3.05) is 0 Å². The Morgan fingerprint density at radius 1 is 1.00 bits per heavy atom. The Hall–Kier alpha value is -1.38. The summed E-state index contributed by atoms with van der Waals surface area (Å²) in [5, 5.41) is 10.4. The smallest absolute Gasteiger partial charge is 0.310 e. The molecular weight excluding hydrogens is 396 g/mol. The molecule has 1 N–H and O–H groups in total. The third-order valence-electron chi connectivity index (χ3n) is 11.4. The van der Waals surface area contributed by atoms with E-state index in [2.05, 4.69) is 53.7 Å². The van der Waals surface area contributed by atoms with Crippen LogP contribution in [0.5, 0.6) is 0 Å². The Bertz CT molecular complexity index is 854. The van der Waals surface area contributed by atoms with Gasteiger partial charge >= 0.3 is 5.97 Å². The highest BCUT2D eigenvalue weighted by Gasteiger charge is 2.58. The maximum absolute atomic E-state index is 12.7. The summed E-state index contributed by atoms with van der Waals surface area (Å²) < 4.78 is 0. The minimum Gasteiger partial charge on any atom is -0.481 e. The lowest BCUT2D eigenvalue weighted by molar-refractivity contribution is -0.159. The van der Waals surface area contributed by atoms with Crippen molar-refractivity contribution < 1.29 is 14.7 Å². The lowest BCUT2D eigenvalue weighted by atomic mass is 9.46. The minimum absolute atomic E-state index is 0.0208. The van der Waals surface area contributed by atoms with Crippen LogP contribution in [0, 0.1) is 45.3 Å². The first-order chi connectivity index (χ1) is 14.9. The number of hydrogen-bond acceptors (Lipinski definition) is 2. The molecule has 3 heteroatoms. The molecule has 2 fully saturated rings. The molecule has 4 rings (SSSR count). The van der Waals surface area contributed by atoms with Crippen LogP contribution in [0.1, 0.15) is 99.3 Å². The van der Waals surface area contributed by atoms with Crippen LogP contribution in [-0.2, 0) is 9.59 Å². The largest absolute Gasteiger partial charge is 0.481 e. The molecule has 0 heterocycles. The van der Waals surface area contributed by atoms with E-state index in [-0.39, 0.29) is 27.9 Å². The third kappa shape index (κ3) is 3.36. The zero-order chi connectivity index (χ0) is 23.5. The van der Waals surface area contributed by atoms with Crippen LogP contribution < -0.4 is 0 Å². The monoisotopic (exact) mass is 440 g/mol. The zero-order valence-electron chi connectivity index (χ0n) is 21.2. The Morgan fingerprint density at radius 2 is 1.72 bits per heavy atom. The number of rotatable bonds is 1. The molecule has 8 atom stereocenters. The number of ketones is 1. The van der Waals surface area contributed by atoms with Crippen molar-refractivity contribution >= 4 is 11.8 Å². The Morgan fingerprint density at radius 3 is 2.41 bits per heavy atom. The van der Waals surface area contributed by atoms with Crippen LogP contribution in [0.4, 0.5) is 0 Å². The van der Waals surface area contributed by atoms with Gasteiger partial charge in [-0.25, -0.2) is 0 Å². The SMILES string of the molecule is CC1CCC2(C(=O)O)CC[C@]3(C)/C(=C\CC(C)C4(C)C=CC(=O)CC4(C)CCC3C)C2C1. The van der Waals surface area contributed by atoms with Gasteiger partial charge in [0.15, 0.2) is 5.78 Å². The molecule has 0 radical (unpaired) electrons. The highest BCUT2D eigenvalue weighted by atomic mass is 16.4. The molecule has 0 aromatic heterocycles. The zero-order valence-corrected chi connectivity index (χ0v) is 21.2. The lowest BCUT2D eigenvalue weighted by Crippen LogP contribution is -2.52. The van der Waals surface area contributed by atoms with Crippen LogP contribution in [0.25, 0.3) is 0 Å². The fourth-order valence-corrected chi connectivity index (χ4v) is 8.06. The number of carbonyl (C=O) groups excluding carboxylic acids is 1. The van der Waals surface area contributed by atoms with Gasteiger partial charge in [-0.2, -0.15) is 0 Å². The molecule has 0 spiro atoms. The van der Waals surface area contributed by atoms with Gasteiger partial charge in [-0.1, -0.05) is 59.3 Å². The van der Waals surface area contributed by atoms with Gasteiger partial charge < -0.3 is 5.11 Å². The topological polar surface area (TPSA) is 54.4 Å². The summed E-state index contributed by atoms with van der Waals surface area (Å²) in [6.45, 7) is 14.2. The first-order valence-corrected chi connectivity index (χ1v) is 13.0. The number of carbonyl (C=O) groups is 2. The number of allylic oxidation sites excluding steroid dienone is 4. The van der Waals surface area contributed by atoms with Gasteiger partial charge in [-0.3, -0.25) is 9.59 Å². The molecule has 0 aromatic carbocycles. The standard InChI is InChI=1S/C29H44O3/c1-19-9-14-29(25(31)32)16-15-27(5)20(2)10-12-26(4)18-22(30)11-13-28(26,6)21(3)7-8-23(27)24(29)17-19/h8,11,13,19-21,24H,7,9-10,12,14-18H2,1-6H3,(H,31,32)/b23-8-/t19?,20?,21?,24?,26?,27-,28?,29?/m0/s1. The second kappa shape index (κ2) is 7.84. The number of fused-ring (bicyclic) bond motifs is 4. The molecule has 3 nitrogen and oxygen atoms in total. The Labute approximate surface area is 195 Å². The van der Waals surface area contributed by atoms with Crippen molar-refractivity contribution in [3.63, 3.8) is 0 Å². The average molecular weight is 441 g/mol. The third-order valence-corrected chi connectivity index (χ3v) is 11.4. The van der Waals surface area contributed by atoms with Crippen LogP contribution in [0.3, 0.4) is 0 Å². The van der Waals surface area contributed by atoms with E-state index >= 15 is 0 Å². The molecule has 32 heavy (non-hydrogen) atoms. The normalized spacial score (nSPS) is 50.9. The highest BCUT2D eigenvalue weighted by molar-refractivity contribution is 5.91. The maximum atomic E-state index is 12.7. The van der Waals surface area contributed by atoms with E-state index in [0.29, 0.717) is 24.2 Å². The number of hydrogen-bond donors (Lipinski definition) is 1. The van der Waals surface area contributed by atoms with Gasteiger partial charge in [0.2, 0.25) is 0 Å². The average Bonchev–Trinajstić information content (AvgIpc) is 2.73. The predicted molar refractivity (Wildman–Crippen MR) is 129 cm³/mol. The fraction of sp³-hybridized carbons (Fsp3) is 0.793. The lowest BCUT2D eigenvalue weighted by Gasteiger charge is -2.57. The van der Waals surface area contributed by atoms with E-state index in [1.165, 1.54) is 5.57 Å². The van der Waals surface area contributed by atoms with Crippen LogP contribution >= 0.6 is 0 Å². The summed E-state index contributed by atoms with van der Waals surface area (Å²) in [6, 6.07) is 0. The minimum atomic E-state index is -0.569. The summed E-state index contributed by atoms with van der Waals surface area (Å²) in [7, 11) is 0. The molecule has 178 valence electrons. The number of aliphatic carboxylic acids is 1. The molecule has 4 aliphatic rings. The summed E-state index contributed by atoms with van der Waals surface area (Å²) in [6.07, 6.45) is 14.9. The van der Waals surface area contributed by atoms with E-state index in [0.717, 1.165) is 51.4 Å². The predicted octanol–water partition coefficient (Wildman–Crippen LogP) is 7.22. The van der Waals surface area contributed by atoms with Crippen molar-refractivity contribution in [2.45, 2.75) is 99.3 Å². The molecule has 2 saturated carbocycles. The maximum Gasteiger partial charge on any atom is 0.310 e. The van der Waals surface area contributed by atoms with Gasteiger partial charge in [0.25, 0.3) is 0 Å². The van der Waals surface area contributed by atoms with Gasteiger partial charge in [0, 0.05) is 6.42 Å². The highest BCUT2D eigenvalue weighted by Crippen LogP contribution is 2.64. The van der Waals surface area contributed by atoms with Crippen LogP contribution in [0.2, 0.25) is 0 Å². The Kier molecular flexibility index (Phi) is 5.82. The first kappa shape index (κ1) is 23.8. The van der Waals surface area contributed by atoms with Crippen LogP contribution in [-0.4, -0.2) is 16.9 Å². The summed E-state index contributed by atoms with van der Waals surface area (Å²) in [5.41, 5.74) is 0.899. The van der Waals surface area contributed by atoms with Crippen molar-refractivity contribution in [2.24, 2.45) is 45.3 Å². The van der Waals surface area contributed by atoms with E-state index in [9.17, 15) is 14.7 Å². The van der Waals surface area contributed by atoms with Gasteiger partial charge in [0.05, 0.1) is 5.41 Å². The van der Waals surface area contributed by atoms with Gasteiger partial charge in [-0.15, -0.1) is 0 Å². The number of carboxylic acid groups (broad SMARTS) is 1. The molecular formula is C29H44O3. The van der Waals surface area contributed by atoms with E-state index in [4.69, 9.17) is 0 Å². The molecule has 0 aliphatic heterocycles. The van der Waals surface area contributed by atoms with Crippen molar-refractivity contribution in [1.82, 2.24) is 0 Å².